The van der Waals surface area contributed by atoms with E-state index in [2.05, 4.69) is 11.2 Å². The Morgan fingerprint density at radius 1 is 1.83 bits per heavy atom. The van der Waals surface area contributed by atoms with E-state index in [9.17, 15) is 4.79 Å². The van der Waals surface area contributed by atoms with Crippen LogP contribution in [0.15, 0.2) is 0 Å². The van der Waals surface area contributed by atoms with Crippen molar-refractivity contribution < 1.29 is 14.6 Å². The van der Waals surface area contributed by atoms with Crippen LogP contribution in [0.3, 0.4) is 0 Å². The Balaban J connectivity index is 2.27. The molecule has 0 radical (unpaired) electrons. The molecule has 12 heavy (non-hydrogen) atoms. The summed E-state index contributed by atoms with van der Waals surface area (Å²) >= 11 is 0. The molecule has 4 heteroatoms. The summed E-state index contributed by atoms with van der Waals surface area (Å²) in [5, 5.41) is 11.4. The highest BCUT2D eigenvalue weighted by atomic mass is 16.5. The first kappa shape index (κ1) is 9.04. The predicted octanol–water partition coefficient (Wildman–Crippen LogP) is -0.549. The van der Waals surface area contributed by atoms with Crippen LogP contribution in [0.4, 0.5) is 0 Å². The lowest BCUT2D eigenvalue weighted by Gasteiger charge is -2.06. The molecule has 2 N–H and O–H groups in total. The average molecular weight is 169 g/mol. The second-order valence-corrected chi connectivity index (χ2v) is 2.67. The molecule has 1 rings (SSSR count). The Morgan fingerprint density at radius 2 is 2.58 bits per heavy atom. The Bertz CT molecular complexity index is 209. The van der Waals surface area contributed by atoms with Gasteiger partial charge in [0.25, 0.3) is 0 Å². The lowest BCUT2D eigenvalue weighted by atomic mass is 10.2. The third-order valence-electron chi connectivity index (χ3n) is 1.79. The Hall–Kier alpha value is -1.05. The van der Waals surface area contributed by atoms with Crippen molar-refractivity contribution in [3.63, 3.8) is 0 Å². The molecule has 4 nitrogen and oxygen atoms in total. The van der Waals surface area contributed by atoms with Crippen LogP contribution in [-0.2, 0) is 9.53 Å². The Kier molecular flexibility index (Phi) is 3.09. The molecule has 2 atom stereocenters. The van der Waals surface area contributed by atoms with Crippen molar-refractivity contribution in [3.8, 4) is 12.3 Å². The number of carboxylic acid groups (broad SMARTS) is 1. The number of terminal acetylenes is 1. The fraction of sp³-hybridized carbons (Fsp3) is 0.625. The second-order valence-electron chi connectivity index (χ2n) is 2.67. The van der Waals surface area contributed by atoms with Crippen LogP contribution in [0, 0.1) is 12.3 Å². The number of hydrogen-bond acceptors (Lipinski definition) is 3. The molecule has 1 fully saturated rings. The molecule has 0 aliphatic carbocycles. The molecule has 0 bridgehead atoms. The van der Waals surface area contributed by atoms with Gasteiger partial charge in [0, 0.05) is 13.0 Å². The third kappa shape index (κ3) is 2.22. The molecule has 0 aromatic heterocycles. The largest absolute Gasteiger partial charge is 0.480 e. The molecule has 0 aromatic carbocycles. The summed E-state index contributed by atoms with van der Waals surface area (Å²) in [5.74, 6) is 1.51. The molecule has 0 unspecified atom stereocenters. The van der Waals surface area contributed by atoms with Gasteiger partial charge >= 0.3 is 5.97 Å². The van der Waals surface area contributed by atoms with Crippen LogP contribution in [0.2, 0.25) is 0 Å². The Labute approximate surface area is 70.9 Å². The second kappa shape index (κ2) is 4.10. The minimum atomic E-state index is -0.832. The van der Waals surface area contributed by atoms with Crippen LogP contribution in [0.1, 0.15) is 6.42 Å². The van der Waals surface area contributed by atoms with Gasteiger partial charge in [0.05, 0.1) is 6.10 Å². The SMILES string of the molecule is C#CCO[C@@H]1CN[C@H](C(=O)O)C1. The van der Waals surface area contributed by atoms with Crippen LogP contribution < -0.4 is 5.32 Å². The predicted molar refractivity (Wildman–Crippen MR) is 42.6 cm³/mol. The molecule has 0 spiro atoms. The summed E-state index contributed by atoms with van der Waals surface area (Å²) in [6, 6.07) is -0.479. The number of ether oxygens (including phenoxy) is 1. The van der Waals surface area contributed by atoms with Gasteiger partial charge in [-0.3, -0.25) is 4.79 Å². The van der Waals surface area contributed by atoms with Crippen LogP contribution in [0.5, 0.6) is 0 Å². The normalized spacial score (nSPS) is 28.2. The molecule has 0 saturated carbocycles. The van der Waals surface area contributed by atoms with E-state index in [0.717, 1.165) is 0 Å². The number of nitrogens with one attached hydrogen (secondary N) is 1. The van der Waals surface area contributed by atoms with E-state index in [1.165, 1.54) is 0 Å². The van der Waals surface area contributed by atoms with E-state index < -0.39 is 12.0 Å². The first-order chi connectivity index (χ1) is 5.74. The van der Waals surface area contributed by atoms with Gasteiger partial charge in [0.15, 0.2) is 0 Å². The number of hydrogen-bond donors (Lipinski definition) is 2. The van der Waals surface area contributed by atoms with Gasteiger partial charge in [-0.25, -0.2) is 0 Å². The fourth-order valence-corrected chi connectivity index (χ4v) is 1.18. The van der Waals surface area contributed by atoms with Gasteiger partial charge in [-0.15, -0.1) is 6.42 Å². The van der Waals surface area contributed by atoms with Crippen molar-refractivity contribution in [3.05, 3.63) is 0 Å². The first-order valence-corrected chi connectivity index (χ1v) is 3.75. The maximum atomic E-state index is 10.5. The Morgan fingerprint density at radius 3 is 3.08 bits per heavy atom. The topological polar surface area (TPSA) is 58.6 Å². The van der Waals surface area contributed by atoms with Crippen molar-refractivity contribution in [2.24, 2.45) is 0 Å². The summed E-state index contributed by atoms with van der Waals surface area (Å²) in [7, 11) is 0. The highest BCUT2D eigenvalue weighted by Crippen LogP contribution is 2.09. The zero-order valence-corrected chi connectivity index (χ0v) is 6.62. The van der Waals surface area contributed by atoms with E-state index in [-0.39, 0.29) is 12.7 Å². The summed E-state index contributed by atoms with van der Waals surface area (Å²) in [4.78, 5) is 10.5. The summed E-state index contributed by atoms with van der Waals surface area (Å²) in [6.45, 7) is 0.817. The minimum Gasteiger partial charge on any atom is -0.480 e. The molecule has 1 aliphatic rings. The monoisotopic (exact) mass is 169 g/mol. The summed E-state index contributed by atoms with van der Waals surface area (Å²) in [6.07, 6.45) is 5.43. The average Bonchev–Trinajstić information content (AvgIpc) is 2.48. The molecule has 1 aliphatic heterocycles. The summed E-state index contributed by atoms with van der Waals surface area (Å²) in [5.41, 5.74) is 0. The number of aliphatic carboxylic acids is 1. The van der Waals surface area contributed by atoms with E-state index in [1.54, 1.807) is 0 Å². The van der Waals surface area contributed by atoms with Gasteiger partial charge < -0.3 is 15.2 Å². The van der Waals surface area contributed by atoms with E-state index >= 15 is 0 Å². The molecule has 0 amide bonds. The molecule has 1 heterocycles. The highest BCUT2D eigenvalue weighted by Gasteiger charge is 2.29. The molecule has 0 aromatic rings. The van der Waals surface area contributed by atoms with Crippen LogP contribution >= 0.6 is 0 Å². The standard InChI is InChI=1S/C8H11NO3/c1-2-3-12-6-4-7(8(10)11)9-5-6/h1,6-7,9H,3-5H2,(H,10,11)/t6-,7-/m0/s1. The van der Waals surface area contributed by atoms with Crippen LogP contribution in [-0.4, -0.2) is 36.4 Å². The fourth-order valence-electron chi connectivity index (χ4n) is 1.18. The smallest absolute Gasteiger partial charge is 0.320 e. The van der Waals surface area contributed by atoms with E-state index in [1.807, 2.05) is 0 Å². The lowest BCUT2D eigenvalue weighted by Crippen LogP contribution is -2.29. The molecular weight excluding hydrogens is 158 g/mol. The summed E-state index contributed by atoms with van der Waals surface area (Å²) < 4.78 is 5.17. The van der Waals surface area contributed by atoms with Gasteiger partial charge in [-0.1, -0.05) is 5.92 Å². The van der Waals surface area contributed by atoms with Gasteiger partial charge in [0.2, 0.25) is 0 Å². The van der Waals surface area contributed by atoms with Gasteiger partial charge in [0.1, 0.15) is 12.6 Å². The lowest BCUT2D eigenvalue weighted by molar-refractivity contribution is -0.139. The van der Waals surface area contributed by atoms with E-state index in [4.69, 9.17) is 16.3 Å². The maximum Gasteiger partial charge on any atom is 0.320 e. The third-order valence-corrected chi connectivity index (χ3v) is 1.79. The van der Waals surface area contributed by atoms with Gasteiger partial charge in [-0.2, -0.15) is 0 Å². The highest BCUT2D eigenvalue weighted by molar-refractivity contribution is 5.73. The minimum absolute atomic E-state index is 0.0536. The number of carbonyl (C=O) groups is 1. The molecule has 66 valence electrons. The zero-order valence-electron chi connectivity index (χ0n) is 6.62. The number of rotatable bonds is 3. The first-order valence-electron chi connectivity index (χ1n) is 3.75. The van der Waals surface area contributed by atoms with Crippen LogP contribution in [0.25, 0.3) is 0 Å². The van der Waals surface area contributed by atoms with E-state index in [0.29, 0.717) is 13.0 Å². The van der Waals surface area contributed by atoms with Crippen molar-refractivity contribution in [2.75, 3.05) is 13.2 Å². The molecular formula is C8H11NO3. The van der Waals surface area contributed by atoms with Crippen molar-refractivity contribution in [1.29, 1.82) is 0 Å². The van der Waals surface area contributed by atoms with Crippen molar-refractivity contribution in [1.82, 2.24) is 5.32 Å². The quantitative estimate of drug-likeness (QED) is 0.557. The number of carboxylic acids is 1. The maximum absolute atomic E-state index is 10.5. The van der Waals surface area contributed by atoms with Crippen molar-refractivity contribution in [2.45, 2.75) is 18.6 Å². The van der Waals surface area contributed by atoms with Crippen molar-refractivity contribution >= 4 is 5.97 Å². The zero-order chi connectivity index (χ0) is 8.97. The molecule has 1 saturated heterocycles. The van der Waals surface area contributed by atoms with Gasteiger partial charge in [-0.05, 0) is 0 Å².